The Morgan fingerprint density at radius 1 is 1.25 bits per heavy atom. The van der Waals surface area contributed by atoms with Gasteiger partial charge in [0, 0.05) is 0 Å². The Kier molecular flexibility index (Phi) is 1.72. The van der Waals surface area contributed by atoms with Gasteiger partial charge >= 0.3 is 0 Å². The summed E-state index contributed by atoms with van der Waals surface area (Å²) < 4.78 is 12.8. The van der Waals surface area contributed by atoms with Crippen molar-refractivity contribution in [3.63, 3.8) is 0 Å². The molecule has 1 aliphatic carbocycles. The van der Waals surface area contributed by atoms with Crippen LogP contribution in [-0.4, -0.2) is 0 Å². The van der Waals surface area contributed by atoms with E-state index in [9.17, 15) is 4.39 Å². The van der Waals surface area contributed by atoms with E-state index in [1.54, 1.807) is 6.07 Å². The fourth-order valence-corrected chi connectivity index (χ4v) is 1.72. The van der Waals surface area contributed by atoms with Crippen LogP contribution >= 0.6 is 0 Å². The fraction of sp³-hybridized carbons (Fsp3) is 0.273. The highest BCUT2D eigenvalue weighted by molar-refractivity contribution is 5.67. The quantitative estimate of drug-likeness (QED) is 0.549. The zero-order chi connectivity index (χ0) is 8.55. The molecule has 0 fully saturated rings. The van der Waals surface area contributed by atoms with Crippen molar-refractivity contribution < 1.29 is 4.39 Å². The van der Waals surface area contributed by atoms with Crippen molar-refractivity contribution in [3.05, 3.63) is 41.7 Å². The van der Waals surface area contributed by atoms with E-state index in [0.29, 0.717) is 0 Å². The van der Waals surface area contributed by atoms with E-state index in [2.05, 4.69) is 6.58 Å². The molecule has 2 rings (SSSR count). The molecule has 0 saturated heterocycles. The molecule has 1 aromatic carbocycles. The van der Waals surface area contributed by atoms with Gasteiger partial charge in [-0.05, 0) is 48.1 Å². The lowest BCUT2D eigenvalue weighted by atomic mass is 9.88. The third-order valence-corrected chi connectivity index (χ3v) is 2.38. The summed E-state index contributed by atoms with van der Waals surface area (Å²) >= 11 is 0. The lowest BCUT2D eigenvalue weighted by molar-refractivity contribution is 0.625. The molecule has 0 bridgehead atoms. The Morgan fingerprint density at radius 2 is 2.08 bits per heavy atom. The highest BCUT2D eigenvalue weighted by atomic mass is 19.1. The number of halogens is 1. The van der Waals surface area contributed by atoms with Crippen LogP contribution in [0.25, 0.3) is 5.57 Å². The molecule has 0 atom stereocenters. The number of benzene rings is 1. The molecule has 1 aliphatic rings. The Balaban J connectivity index is 2.54. The zero-order valence-electron chi connectivity index (χ0n) is 6.94. The third kappa shape index (κ3) is 1.15. The van der Waals surface area contributed by atoms with E-state index in [4.69, 9.17) is 0 Å². The van der Waals surface area contributed by atoms with Gasteiger partial charge in [-0.3, -0.25) is 0 Å². The summed E-state index contributed by atoms with van der Waals surface area (Å²) in [5.41, 5.74) is 3.35. The van der Waals surface area contributed by atoms with E-state index < -0.39 is 0 Å². The first-order valence-electron chi connectivity index (χ1n) is 4.24. The zero-order valence-corrected chi connectivity index (χ0v) is 6.94. The topological polar surface area (TPSA) is 0 Å². The van der Waals surface area contributed by atoms with Crippen LogP contribution in [0, 0.1) is 5.82 Å². The van der Waals surface area contributed by atoms with E-state index in [0.717, 1.165) is 30.4 Å². The van der Waals surface area contributed by atoms with E-state index in [1.807, 2.05) is 6.07 Å². The normalized spacial score (nSPS) is 15.9. The van der Waals surface area contributed by atoms with Crippen LogP contribution in [0.15, 0.2) is 24.8 Å². The maximum absolute atomic E-state index is 12.8. The molecule has 0 saturated carbocycles. The molecule has 1 heteroatoms. The van der Waals surface area contributed by atoms with Crippen LogP contribution in [0.5, 0.6) is 0 Å². The first-order chi connectivity index (χ1) is 5.77. The maximum Gasteiger partial charge on any atom is 0.123 e. The Morgan fingerprint density at radius 3 is 2.92 bits per heavy atom. The largest absolute Gasteiger partial charge is 0.207 e. The molecule has 0 heterocycles. The summed E-state index contributed by atoms with van der Waals surface area (Å²) in [7, 11) is 0. The molecule has 0 spiro atoms. The van der Waals surface area contributed by atoms with Gasteiger partial charge in [-0.25, -0.2) is 4.39 Å². The van der Waals surface area contributed by atoms with Gasteiger partial charge < -0.3 is 0 Å². The molecule has 0 radical (unpaired) electrons. The molecular formula is C11H11F. The highest BCUT2D eigenvalue weighted by Gasteiger charge is 2.12. The molecule has 0 N–H and O–H groups in total. The van der Waals surface area contributed by atoms with Crippen LogP contribution in [0.4, 0.5) is 4.39 Å². The summed E-state index contributed by atoms with van der Waals surface area (Å²) in [6.45, 7) is 3.93. The van der Waals surface area contributed by atoms with Crippen LogP contribution in [0.3, 0.4) is 0 Å². The number of fused-ring (bicyclic) bond motifs is 1. The molecular weight excluding hydrogens is 151 g/mol. The Labute approximate surface area is 71.7 Å². The van der Waals surface area contributed by atoms with Crippen molar-refractivity contribution in [1.82, 2.24) is 0 Å². The van der Waals surface area contributed by atoms with Gasteiger partial charge in [0.05, 0.1) is 0 Å². The van der Waals surface area contributed by atoms with Gasteiger partial charge in [0.2, 0.25) is 0 Å². The van der Waals surface area contributed by atoms with Gasteiger partial charge in [0.1, 0.15) is 5.82 Å². The predicted molar refractivity (Wildman–Crippen MR) is 48.4 cm³/mol. The summed E-state index contributed by atoms with van der Waals surface area (Å²) in [5, 5.41) is 0. The number of aryl methyl sites for hydroxylation is 1. The average Bonchev–Trinajstić information content (AvgIpc) is 2.07. The fourth-order valence-electron chi connectivity index (χ4n) is 1.72. The number of allylic oxidation sites excluding steroid dienone is 1. The summed E-state index contributed by atoms with van der Waals surface area (Å²) in [6.07, 6.45) is 3.22. The summed E-state index contributed by atoms with van der Waals surface area (Å²) in [6, 6.07) is 4.99. The van der Waals surface area contributed by atoms with Crippen LogP contribution < -0.4 is 0 Å². The second kappa shape index (κ2) is 2.74. The van der Waals surface area contributed by atoms with Crippen molar-refractivity contribution in [2.24, 2.45) is 0 Å². The minimum atomic E-state index is -0.156. The van der Waals surface area contributed by atoms with Crippen molar-refractivity contribution in [1.29, 1.82) is 0 Å². The molecule has 1 aromatic rings. The Bertz CT molecular complexity index is 326. The number of hydrogen-bond acceptors (Lipinski definition) is 0. The van der Waals surface area contributed by atoms with E-state index in [1.165, 1.54) is 11.6 Å². The SMILES string of the molecule is C=C1CCCc2ccc(F)cc21. The monoisotopic (exact) mass is 162 g/mol. The maximum atomic E-state index is 12.8. The molecule has 0 unspecified atom stereocenters. The molecule has 0 nitrogen and oxygen atoms in total. The minimum Gasteiger partial charge on any atom is -0.207 e. The number of hydrogen-bond donors (Lipinski definition) is 0. The third-order valence-electron chi connectivity index (χ3n) is 2.38. The Hall–Kier alpha value is -1.11. The number of rotatable bonds is 0. The smallest absolute Gasteiger partial charge is 0.123 e. The second-order valence-corrected chi connectivity index (χ2v) is 3.26. The molecule has 0 aromatic heterocycles. The van der Waals surface area contributed by atoms with Crippen molar-refractivity contribution in [2.45, 2.75) is 19.3 Å². The van der Waals surface area contributed by atoms with Gasteiger partial charge in [0.15, 0.2) is 0 Å². The predicted octanol–water partition coefficient (Wildman–Crippen LogP) is 3.18. The van der Waals surface area contributed by atoms with Crippen molar-refractivity contribution >= 4 is 5.57 Å². The minimum absolute atomic E-state index is 0.156. The average molecular weight is 162 g/mol. The molecule has 0 amide bonds. The van der Waals surface area contributed by atoms with Crippen LogP contribution in [0.2, 0.25) is 0 Å². The van der Waals surface area contributed by atoms with E-state index in [-0.39, 0.29) is 5.82 Å². The lowest BCUT2D eigenvalue weighted by Gasteiger charge is -2.17. The van der Waals surface area contributed by atoms with Gasteiger partial charge in [-0.15, -0.1) is 0 Å². The van der Waals surface area contributed by atoms with Gasteiger partial charge in [-0.2, -0.15) is 0 Å². The highest BCUT2D eigenvalue weighted by Crippen LogP contribution is 2.29. The van der Waals surface area contributed by atoms with E-state index >= 15 is 0 Å². The molecule has 0 aliphatic heterocycles. The molecule has 62 valence electrons. The van der Waals surface area contributed by atoms with Crippen LogP contribution in [0.1, 0.15) is 24.0 Å². The van der Waals surface area contributed by atoms with Crippen molar-refractivity contribution in [2.75, 3.05) is 0 Å². The van der Waals surface area contributed by atoms with Gasteiger partial charge in [-0.1, -0.05) is 12.6 Å². The van der Waals surface area contributed by atoms with Crippen LogP contribution in [-0.2, 0) is 6.42 Å². The standard InChI is InChI=1S/C11H11F/c1-8-3-2-4-9-5-6-10(12)7-11(8)9/h5-7H,1-4H2. The van der Waals surface area contributed by atoms with Gasteiger partial charge in [0.25, 0.3) is 0 Å². The molecule has 12 heavy (non-hydrogen) atoms. The summed E-state index contributed by atoms with van der Waals surface area (Å²) in [5.74, 6) is -0.156. The lowest BCUT2D eigenvalue weighted by Crippen LogP contribution is -2.01. The first kappa shape index (κ1) is 7.53. The second-order valence-electron chi connectivity index (χ2n) is 3.26. The van der Waals surface area contributed by atoms with Crippen molar-refractivity contribution in [3.8, 4) is 0 Å². The summed E-state index contributed by atoms with van der Waals surface area (Å²) in [4.78, 5) is 0. The first-order valence-corrected chi connectivity index (χ1v) is 4.24.